The van der Waals surface area contributed by atoms with Crippen LogP contribution in [0.1, 0.15) is 39.6 Å². The van der Waals surface area contributed by atoms with Crippen LogP contribution in [0, 0.1) is 22.7 Å². The van der Waals surface area contributed by atoms with E-state index in [9.17, 15) is 74.1 Å². The Kier molecular flexibility index (Phi) is 21.1. The average molecular weight is 1410 g/mol. The molecular formula is C74H56N8O16S3. The van der Waals surface area contributed by atoms with Gasteiger partial charge in [0, 0.05) is 64.7 Å². The Morgan fingerprint density at radius 3 is 1.72 bits per heavy atom. The normalized spacial score (nSPS) is 12.4. The van der Waals surface area contributed by atoms with Crippen LogP contribution in [0.5, 0.6) is 5.75 Å². The van der Waals surface area contributed by atoms with Crippen molar-refractivity contribution >= 4 is 141 Å². The maximum atomic E-state index is 13.5. The lowest BCUT2D eigenvalue weighted by atomic mass is 10.0. The molecule has 506 valence electrons. The van der Waals surface area contributed by atoms with Gasteiger partial charge in [-0.2, -0.15) is 10.5 Å². The average Bonchev–Trinajstić information content (AvgIpc) is 1.72. The summed E-state index contributed by atoms with van der Waals surface area (Å²) in [7, 11) is 1.97. The fraction of sp³-hybridized carbons (Fsp3) is 0.122. The Hall–Kier alpha value is -13.0. The van der Waals surface area contributed by atoms with Gasteiger partial charge in [0.1, 0.15) is 52.5 Å². The third-order valence-corrected chi connectivity index (χ3v) is 19.8. The molecule has 0 amide bonds. The van der Waals surface area contributed by atoms with Crippen molar-refractivity contribution < 1.29 is 63.4 Å². The van der Waals surface area contributed by atoms with Crippen molar-refractivity contribution in [1.82, 2.24) is 18.3 Å². The van der Waals surface area contributed by atoms with Gasteiger partial charge >= 0.3 is 23.9 Å². The molecule has 7 heterocycles. The zero-order valence-corrected chi connectivity index (χ0v) is 55.9. The number of aryl methyl sites for hydroxylation is 2. The molecule has 0 aliphatic carbocycles. The number of carbonyl (C=O) groups is 6. The number of rotatable bonds is 21. The number of thiophene rings is 3. The van der Waals surface area contributed by atoms with Crippen LogP contribution in [0.4, 0.5) is 28.4 Å². The van der Waals surface area contributed by atoms with E-state index in [1.807, 2.05) is 92.9 Å². The third-order valence-electron chi connectivity index (χ3n) is 16.2. The number of hydrogen-bond donors (Lipinski definition) is 4. The number of aliphatic carboxylic acids is 4. The number of aromatic nitrogens is 4. The van der Waals surface area contributed by atoms with E-state index in [0.29, 0.717) is 25.2 Å². The number of allylic oxidation sites excluding steroid dienone is 1. The highest BCUT2D eigenvalue weighted by Gasteiger charge is 2.26. The summed E-state index contributed by atoms with van der Waals surface area (Å²) in [6.45, 7) is -0.870. The number of benzene rings is 5. The van der Waals surface area contributed by atoms with E-state index in [-0.39, 0.29) is 18.3 Å². The van der Waals surface area contributed by atoms with Crippen LogP contribution in [0.15, 0.2) is 166 Å². The lowest BCUT2D eigenvalue weighted by Crippen LogP contribution is -2.59. The maximum Gasteiger partial charge on any atom is 0.350 e. The Morgan fingerprint density at radius 2 is 1.10 bits per heavy atom. The second-order valence-corrected chi connectivity index (χ2v) is 25.5. The van der Waals surface area contributed by atoms with E-state index in [1.165, 1.54) is 58.5 Å². The minimum absolute atomic E-state index is 0.00635. The number of carbonyl (C=O) groups excluding carboxylic acids is 2. The van der Waals surface area contributed by atoms with Gasteiger partial charge < -0.3 is 49.0 Å². The third kappa shape index (κ3) is 14.7. The number of para-hydroxylation sites is 2. The lowest BCUT2D eigenvalue weighted by molar-refractivity contribution is -0.138. The fourth-order valence-corrected chi connectivity index (χ4v) is 14.9. The molecule has 0 saturated heterocycles. The SMILES string of the molecule is CCOc1ccc(N2c3ccccc3CCc3cc(-c4ccc(-c5ccc(-c6ccc(/C=c7\c(=O)n(CC(=O)O)/c(=C(/C#N)C(=O)O)n7CC(=O)O)s6)s5)s4)ccc32)cc1.CN1c2ccccc2C=Cc2cc(/C=C/C=c3c(=O)n(COC=O)c(=C(C#N)C(=O)O)n(COC=O)c3=O)ccc21. The minimum atomic E-state index is -1.76. The van der Waals surface area contributed by atoms with E-state index in [0.717, 1.165) is 92.5 Å². The first-order valence-corrected chi connectivity index (χ1v) is 33.1. The molecule has 10 aromatic rings. The number of anilines is 5. The summed E-state index contributed by atoms with van der Waals surface area (Å²) in [5, 5.41) is 56.5. The molecule has 2 aliphatic rings. The Bertz CT molecular complexity index is 5570. The molecular weight excluding hydrogens is 1350 g/mol. The largest absolute Gasteiger partial charge is 0.494 e. The first kappa shape index (κ1) is 69.4. The standard InChI is InChI=1S/C45H34N4O8S3.C29H22N4O8/c1-2-57-30-12-10-29(11-13-30)49-33-6-4-3-5-26(33)7-8-27-21-28(9-15-34(27)49)36-17-18-39(59-36)40-20-19-38(60-40)37-16-14-31(58-37)22-35-44(54)48(25-42(52)53)43(32(23-46)45(55)56)47(35)24-41(50)51;1-31-24-8-3-2-6-20(24)10-11-21-13-19(9-12-25(21)31)5-4-7-22-27(36)32(15-40-17-34)26(23(14-30)29(38)39)33(28(22)37)16-41-18-35/h3-6,9-22H,2,7-8,24-25H2,1H3,(H,50,51)(H,52,53)(H,55,56);2-13,17-18H,15-16H2,1H3,(H,38,39)/b35-22+,43-32-;5-4+,22-7?,26-23?. The van der Waals surface area contributed by atoms with Crippen LogP contribution in [-0.4, -0.2) is 89.2 Å². The summed E-state index contributed by atoms with van der Waals surface area (Å²) in [5.74, 6) is -5.53. The van der Waals surface area contributed by atoms with Gasteiger partial charge in [0.15, 0.2) is 24.6 Å². The second kappa shape index (κ2) is 30.6. The number of carboxylic acids is 4. The summed E-state index contributed by atoms with van der Waals surface area (Å²) >= 11 is 4.63. The van der Waals surface area contributed by atoms with Gasteiger partial charge in [-0.15, -0.1) is 34.0 Å². The van der Waals surface area contributed by atoms with Crippen molar-refractivity contribution in [2.24, 2.45) is 0 Å². The van der Waals surface area contributed by atoms with Crippen LogP contribution in [0.25, 0.3) is 71.5 Å². The van der Waals surface area contributed by atoms with Crippen LogP contribution >= 0.6 is 34.0 Å². The molecule has 0 saturated carbocycles. The van der Waals surface area contributed by atoms with E-state index in [2.05, 4.69) is 92.1 Å². The number of nitriles is 2. The molecule has 12 rings (SSSR count). The number of nitrogens with zero attached hydrogens (tertiary/aromatic N) is 8. The van der Waals surface area contributed by atoms with Crippen LogP contribution < -0.4 is 52.7 Å². The van der Waals surface area contributed by atoms with Gasteiger partial charge in [0.2, 0.25) is 0 Å². The van der Waals surface area contributed by atoms with Gasteiger partial charge in [-0.1, -0.05) is 72.8 Å². The molecule has 27 heteroatoms. The Balaban J connectivity index is 0.000000219. The molecule has 24 nitrogen and oxygen atoms in total. The van der Waals surface area contributed by atoms with Gasteiger partial charge in [-0.3, -0.25) is 47.3 Å². The first-order chi connectivity index (χ1) is 48.8. The van der Waals surface area contributed by atoms with Crippen molar-refractivity contribution in [2.45, 2.75) is 46.3 Å². The van der Waals surface area contributed by atoms with Crippen molar-refractivity contribution in [1.29, 1.82) is 10.5 Å². The fourth-order valence-electron chi connectivity index (χ4n) is 11.7. The Morgan fingerprint density at radius 1 is 0.564 bits per heavy atom. The minimum Gasteiger partial charge on any atom is -0.494 e. The predicted molar refractivity (Wildman–Crippen MR) is 382 cm³/mol. The quantitative estimate of drug-likeness (QED) is 0.0491. The molecule has 0 unspecified atom stereocenters. The number of hydrogen-bond acceptors (Lipinski definition) is 19. The smallest absolute Gasteiger partial charge is 0.350 e. The Labute approximate surface area is 584 Å². The molecule has 5 aromatic heterocycles. The van der Waals surface area contributed by atoms with Crippen molar-refractivity contribution in [3.05, 3.63) is 237 Å². The molecule has 0 radical (unpaired) electrons. The molecule has 4 N–H and O–H groups in total. The zero-order valence-electron chi connectivity index (χ0n) is 53.4. The highest BCUT2D eigenvalue weighted by Crippen LogP contribution is 2.46. The van der Waals surface area contributed by atoms with Gasteiger partial charge in [0.05, 0.1) is 6.61 Å². The maximum absolute atomic E-state index is 13.5. The molecule has 0 spiro atoms. The lowest BCUT2D eigenvalue weighted by Gasteiger charge is -2.27. The van der Waals surface area contributed by atoms with E-state index in [4.69, 9.17) is 4.74 Å². The molecule has 0 fully saturated rings. The number of imidazole rings is 1. The number of ether oxygens (including phenoxy) is 3. The van der Waals surface area contributed by atoms with Crippen LogP contribution in [0.2, 0.25) is 0 Å². The van der Waals surface area contributed by atoms with Crippen LogP contribution in [0.3, 0.4) is 0 Å². The highest BCUT2D eigenvalue weighted by atomic mass is 32.1. The molecule has 101 heavy (non-hydrogen) atoms. The summed E-state index contributed by atoms with van der Waals surface area (Å²) in [6.07, 6.45) is 11.5. The topological polar surface area (TPSA) is 336 Å². The number of fused-ring (bicyclic) bond motifs is 4. The number of carboxylic acid groups (broad SMARTS) is 4. The first-order valence-electron chi connectivity index (χ1n) is 30.7. The van der Waals surface area contributed by atoms with Crippen molar-refractivity contribution in [3.8, 4) is 47.8 Å². The highest BCUT2D eigenvalue weighted by molar-refractivity contribution is 7.27. The summed E-state index contributed by atoms with van der Waals surface area (Å²) in [5.41, 5.74) is 5.56. The van der Waals surface area contributed by atoms with Crippen molar-refractivity contribution in [2.75, 3.05) is 23.5 Å². The predicted octanol–water partition coefficient (Wildman–Crippen LogP) is 8.33. The van der Waals surface area contributed by atoms with Crippen molar-refractivity contribution in [3.63, 3.8) is 0 Å². The van der Waals surface area contributed by atoms with E-state index >= 15 is 0 Å². The molecule has 0 bridgehead atoms. The van der Waals surface area contributed by atoms with Gasteiger partial charge in [0.25, 0.3) is 29.6 Å². The van der Waals surface area contributed by atoms with E-state index < -0.39 is 94.4 Å². The zero-order chi connectivity index (χ0) is 71.6. The van der Waals surface area contributed by atoms with E-state index in [1.54, 1.807) is 34.8 Å². The molecule has 5 aromatic carbocycles. The summed E-state index contributed by atoms with van der Waals surface area (Å²) in [4.78, 5) is 119. The molecule has 0 atom stereocenters. The monoisotopic (exact) mass is 1410 g/mol. The molecule has 2 aliphatic heterocycles. The van der Waals surface area contributed by atoms with Crippen LogP contribution in [-0.2, 0) is 77.6 Å². The second-order valence-electron chi connectivity index (χ2n) is 22.2. The summed E-state index contributed by atoms with van der Waals surface area (Å²) < 4.78 is 17.7. The van der Waals surface area contributed by atoms with Gasteiger partial charge in [-0.05, 0) is 162 Å². The summed E-state index contributed by atoms with van der Waals surface area (Å²) in [6, 6.07) is 52.0. The van der Waals surface area contributed by atoms with Gasteiger partial charge in [-0.25, -0.2) is 9.59 Å².